The van der Waals surface area contributed by atoms with Gasteiger partial charge in [-0.2, -0.15) is 0 Å². The molecule has 4 nitrogen and oxygen atoms in total. The molecule has 2 rings (SSSR count). The number of aliphatic hydroxyl groups excluding tert-OH is 1. The van der Waals surface area contributed by atoms with Gasteiger partial charge >= 0.3 is 0 Å². The monoisotopic (exact) mass is 418 g/mol. The van der Waals surface area contributed by atoms with E-state index in [1.807, 2.05) is 19.1 Å². The maximum Gasteiger partial charge on any atom is 0.238 e. The van der Waals surface area contributed by atoms with Crippen LogP contribution in [-0.4, -0.2) is 42.2 Å². The highest BCUT2D eigenvalue weighted by Crippen LogP contribution is 2.32. The van der Waals surface area contributed by atoms with E-state index in [0.29, 0.717) is 12.5 Å². The molecule has 6 heteroatoms. The number of anilines is 1. The Kier molecular flexibility index (Phi) is 6.22. The Balaban J connectivity index is 1.96. The number of benzene rings is 1. The van der Waals surface area contributed by atoms with Crippen molar-refractivity contribution in [2.45, 2.75) is 19.8 Å². The molecule has 1 heterocycles. The largest absolute Gasteiger partial charge is 0.396 e. The van der Waals surface area contributed by atoms with Gasteiger partial charge in [0.1, 0.15) is 0 Å². The topological polar surface area (TPSA) is 52.6 Å². The second-order valence-corrected chi connectivity index (χ2v) is 7.29. The van der Waals surface area contributed by atoms with Gasteiger partial charge in [-0.1, -0.05) is 0 Å². The number of rotatable bonds is 4. The maximum absolute atomic E-state index is 12.2. The average Bonchev–Trinajstić information content (AvgIpc) is 2.43. The molecule has 116 valence electrons. The summed E-state index contributed by atoms with van der Waals surface area (Å²) >= 11 is 6.96. The van der Waals surface area contributed by atoms with Crippen molar-refractivity contribution in [3.8, 4) is 0 Å². The van der Waals surface area contributed by atoms with E-state index in [-0.39, 0.29) is 12.5 Å². The smallest absolute Gasteiger partial charge is 0.238 e. The molecule has 0 saturated carbocycles. The van der Waals surface area contributed by atoms with Crippen LogP contribution in [0.1, 0.15) is 18.4 Å². The fourth-order valence-electron chi connectivity index (χ4n) is 2.65. The van der Waals surface area contributed by atoms with Gasteiger partial charge in [-0.05, 0) is 81.8 Å². The van der Waals surface area contributed by atoms with Gasteiger partial charge in [0.05, 0.1) is 12.2 Å². The summed E-state index contributed by atoms with van der Waals surface area (Å²) in [7, 11) is 0. The highest BCUT2D eigenvalue weighted by molar-refractivity contribution is 9.11. The summed E-state index contributed by atoms with van der Waals surface area (Å²) < 4.78 is 1.74. The van der Waals surface area contributed by atoms with Crippen molar-refractivity contribution in [1.82, 2.24) is 4.90 Å². The van der Waals surface area contributed by atoms with Crippen LogP contribution < -0.4 is 5.32 Å². The number of nitrogens with one attached hydrogen (secondary N) is 1. The van der Waals surface area contributed by atoms with Crippen molar-refractivity contribution in [2.75, 3.05) is 31.6 Å². The van der Waals surface area contributed by atoms with Crippen LogP contribution in [0.4, 0.5) is 5.69 Å². The van der Waals surface area contributed by atoms with Crippen LogP contribution in [0, 0.1) is 12.8 Å². The summed E-state index contributed by atoms with van der Waals surface area (Å²) in [5.74, 6) is 0.267. The Morgan fingerprint density at radius 2 is 2.10 bits per heavy atom. The SMILES string of the molecule is Cc1cc(Br)c(NC(=O)CN2CCCC(CO)C2)c(Br)c1. The lowest BCUT2D eigenvalue weighted by atomic mass is 9.99. The molecule has 21 heavy (non-hydrogen) atoms. The van der Waals surface area contributed by atoms with Crippen molar-refractivity contribution in [2.24, 2.45) is 5.92 Å². The summed E-state index contributed by atoms with van der Waals surface area (Å²) in [6.45, 7) is 4.28. The predicted octanol–water partition coefficient (Wildman–Crippen LogP) is 3.16. The third-order valence-electron chi connectivity index (χ3n) is 3.68. The van der Waals surface area contributed by atoms with E-state index < -0.39 is 0 Å². The third kappa shape index (κ3) is 4.77. The zero-order valence-corrected chi connectivity index (χ0v) is 15.2. The first-order valence-corrected chi connectivity index (χ1v) is 8.67. The Morgan fingerprint density at radius 1 is 1.43 bits per heavy atom. The number of aryl methyl sites for hydroxylation is 1. The summed E-state index contributed by atoms with van der Waals surface area (Å²) in [5, 5.41) is 12.2. The number of halogens is 2. The zero-order chi connectivity index (χ0) is 15.4. The van der Waals surface area contributed by atoms with Gasteiger partial charge in [-0.25, -0.2) is 0 Å². The lowest BCUT2D eigenvalue weighted by Crippen LogP contribution is -2.41. The van der Waals surface area contributed by atoms with Crippen LogP contribution in [0.15, 0.2) is 21.1 Å². The van der Waals surface area contributed by atoms with Gasteiger partial charge in [0.25, 0.3) is 0 Å². The number of carbonyl (C=O) groups excluding carboxylic acids is 1. The van der Waals surface area contributed by atoms with E-state index in [1.54, 1.807) is 0 Å². The quantitative estimate of drug-likeness (QED) is 0.787. The highest BCUT2D eigenvalue weighted by atomic mass is 79.9. The number of likely N-dealkylation sites (tertiary alicyclic amines) is 1. The minimum atomic E-state index is -0.0288. The molecule has 0 spiro atoms. The normalized spacial score (nSPS) is 19.5. The molecular weight excluding hydrogens is 400 g/mol. The molecule has 1 saturated heterocycles. The zero-order valence-electron chi connectivity index (χ0n) is 12.0. The summed E-state index contributed by atoms with van der Waals surface area (Å²) in [6, 6.07) is 3.95. The molecule has 1 atom stereocenters. The minimum absolute atomic E-state index is 0.0288. The van der Waals surface area contributed by atoms with E-state index in [2.05, 4.69) is 42.1 Å². The molecular formula is C15H20Br2N2O2. The Bertz CT molecular complexity index is 499. The lowest BCUT2D eigenvalue weighted by molar-refractivity contribution is -0.117. The molecule has 1 aliphatic rings. The Hall–Kier alpha value is -0.430. The first-order chi connectivity index (χ1) is 9.99. The van der Waals surface area contributed by atoms with Crippen molar-refractivity contribution >= 4 is 43.5 Å². The fraction of sp³-hybridized carbons (Fsp3) is 0.533. The molecule has 1 fully saturated rings. The first kappa shape index (κ1) is 16.9. The average molecular weight is 420 g/mol. The van der Waals surface area contributed by atoms with Crippen molar-refractivity contribution in [1.29, 1.82) is 0 Å². The lowest BCUT2D eigenvalue weighted by Gasteiger charge is -2.31. The molecule has 1 unspecified atom stereocenters. The molecule has 1 aliphatic heterocycles. The van der Waals surface area contributed by atoms with E-state index in [4.69, 9.17) is 0 Å². The molecule has 0 aliphatic carbocycles. The number of piperidine rings is 1. The van der Waals surface area contributed by atoms with E-state index in [0.717, 1.165) is 46.1 Å². The van der Waals surface area contributed by atoms with E-state index in [9.17, 15) is 9.90 Å². The van der Waals surface area contributed by atoms with Crippen molar-refractivity contribution < 1.29 is 9.90 Å². The second-order valence-electron chi connectivity index (χ2n) is 5.58. The fourth-order valence-corrected chi connectivity index (χ4v) is 4.26. The van der Waals surface area contributed by atoms with Crippen LogP contribution in [0.2, 0.25) is 0 Å². The highest BCUT2D eigenvalue weighted by Gasteiger charge is 2.21. The van der Waals surface area contributed by atoms with E-state index >= 15 is 0 Å². The Labute approximate surface area is 142 Å². The molecule has 0 aromatic heterocycles. The predicted molar refractivity (Wildman–Crippen MR) is 91.5 cm³/mol. The van der Waals surface area contributed by atoms with Gasteiger partial charge in [0, 0.05) is 22.1 Å². The van der Waals surface area contributed by atoms with Gasteiger partial charge in [-0.15, -0.1) is 0 Å². The molecule has 1 aromatic rings. The second kappa shape index (κ2) is 7.72. The molecule has 0 bridgehead atoms. The summed E-state index contributed by atoms with van der Waals surface area (Å²) in [5.41, 5.74) is 1.88. The van der Waals surface area contributed by atoms with Gasteiger partial charge in [0.2, 0.25) is 5.91 Å². The summed E-state index contributed by atoms with van der Waals surface area (Å²) in [4.78, 5) is 14.3. The van der Waals surface area contributed by atoms with Crippen LogP contribution in [0.5, 0.6) is 0 Å². The van der Waals surface area contributed by atoms with Gasteiger partial charge in [0.15, 0.2) is 0 Å². The summed E-state index contributed by atoms with van der Waals surface area (Å²) in [6.07, 6.45) is 2.08. The molecule has 2 N–H and O–H groups in total. The van der Waals surface area contributed by atoms with Crippen LogP contribution in [0.25, 0.3) is 0 Å². The molecule has 1 aromatic carbocycles. The van der Waals surface area contributed by atoms with Gasteiger partial charge in [-0.3, -0.25) is 9.69 Å². The molecule has 1 amide bonds. The number of carbonyl (C=O) groups is 1. The van der Waals surface area contributed by atoms with Crippen LogP contribution >= 0.6 is 31.9 Å². The van der Waals surface area contributed by atoms with Gasteiger partial charge < -0.3 is 10.4 Å². The maximum atomic E-state index is 12.2. The first-order valence-electron chi connectivity index (χ1n) is 7.08. The van der Waals surface area contributed by atoms with Crippen molar-refractivity contribution in [3.05, 3.63) is 26.6 Å². The number of aliphatic hydroxyl groups is 1. The minimum Gasteiger partial charge on any atom is -0.396 e. The third-order valence-corrected chi connectivity index (χ3v) is 4.93. The van der Waals surface area contributed by atoms with Crippen LogP contribution in [0.3, 0.4) is 0 Å². The number of hydrogen-bond donors (Lipinski definition) is 2. The number of amides is 1. The number of nitrogens with zero attached hydrogens (tertiary/aromatic N) is 1. The van der Waals surface area contributed by atoms with Crippen LogP contribution in [-0.2, 0) is 4.79 Å². The molecule has 0 radical (unpaired) electrons. The Morgan fingerprint density at radius 3 is 2.71 bits per heavy atom. The standard InChI is InChI=1S/C15H20Br2N2O2/c1-10-5-12(16)15(13(17)6-10)18-14(21)8-19-4-2-3-11(7-19)9-20/h5-6,11,20H,2-4,7-9H2,1H3,(H,18,21). The number of hydrogen-bond acceptors (Lipinski definition) is 3. The van der Waals surface area contributed by atoms with Crippen molar-refractivity contribution in [3.63, 3.8) is 0 Å². The van der Waals surface area contributed by atoms with E-state index in [1.165, 1.54) is 0 Å².